The minimum atomic E-state index is 0.243. The number of carbonyl (C=O) groups excluding carboxylic acids is 1. The second kappa shape index (κ2) is 7.57. The molecule has 1 heterocycles. The third-order valence-corrected chi connectivity index (χ3v) is 4.14. The van der Waals surface area contributed by atoms with Crippen LogP contribution in [-0.4, -0.2) is 55.0 Å². The Morgan fingerprint density at radius 3 is 2.62 bits per heavy atom. The Hall–Kier alpha value is -1.39. The average Bonchev–Trinajstić information content (AvgIpc) is 2.47. The monoisotopic (exact) mass is 289 g/mol. The van der Waals surface area contributed by atoms with Crippen molar-refractivity contribution in [2.24, 2.45) is 11.7 Å². The molecule has 0 bridgehead atoms. The van der Waals surface area contributed by atoms with Gasteiger partial charge in [-0.15, -0.1) is 0 Å². The number of rotatable bonds is 5. The van der Waals surface area contributed by atoms with Gasteiger partial charge in [-0.1, -0.05) is 36.8 Å². The molecule has 2 N–H and O–H groups in total. The van der Waals surface area contributed by atoms with Crippen LogP contribution < -0.4 is 5.73 Å². The largest absolute Gasteiger partial charge is 0.340 e. The lowest BCUT2D eigenvalue weighted by atomic mass is 10.1. The van der Waals surface area contributed by atoms with Crippen molar-refractivity contribution in [3.8, 4) is 0 Å². The molecule has 0 spiro atoms. The van der Waals surface area contributed by atoms with E-state index in [1.54, 1.807) is 0 Å². The van der Waals surface area contributed by atoms with E-state index in [1.807, 2.05) is 17.0 Å². The highest BCUT2D eigenvalue weighted by atomic mass is 16.2. The molecule has 1 aromatic rings. The van der Waals surface area contributed by atoms with Gasteiger partial charge in [0.05, 0.1) is 6.42 Å². The fourth-order valence-corrected chi connectivity index (χ4v) is 2.80. The van der Waals surface area contributed by atoms with Crippen molar-refractivity contribution in [1.29, 1.82) is 0 Å². The SMILES string of the molecule is Cc1cccc(CC(=O)N2CCN(CC(C)CN)CC2)c1. The first kappa shape index (κ1) is 16.0. The van der Waals surface area contributed by atoms with Gasteiger partial charge >= 0.3 is 0 Å². The second-order valence-electron chi connectivity index (χ2n) is 6.19. The lowest BCUT2D eigenvalue weighted by molar-refractivity contribution is -0.132. The maximum Gasteiger partial charge on any atom is 0.227 e. The fraction of sp³-hybridized carbons (Fsp3) is 0.588. The minimum absolute atomic E-state index is 0.243. The molecule has 0 aromatic heterocycles. The molecule has 1 aliphatic rings. The van der Waals surface area contributed by atoms with Gasteiger partial charge in [0.25, 0.3) is 0 Å². The zero-order valence-electron chi connectivity index (χ0n) is 13.2. The van der Waals surface area contributed by atoms with Gasteiger partial charge in [0.1, 0.15) is 0 Å². The van der Waals surface area contributed by atoms with Gasteiger partial charge in [0, 0.05) is 32.7 Å². The maximum absolute atomic E-state index is 12.4. The van der Waals surface area contributed by atoms with Gasteiger partial charge in [-0.2, -0.15) is 0 Å². The Bertz CT molecular complexity index is 467. The number of benzene rings is 1. The van der Waals surface area contributed by atoms with E-state index < -0.39 is 0 Å². The Labute approximate surface area is 127 Å². The van der Waals surface area contributed by atoms with Crippen molar-refractivity contribution < 1.29 is 4.79 Å². The third kappa shape index (κ3) is 4.83. The highest BCUT2D eigenvalue weighted by molar-refractivity contribution is 5.78. The van der Waals surface area contributed by atoms with E-state index in [1.165, 1.54) is 5.56 Å². The molecule has 21 heavy (non-hydrogen) atoms. The molecule has 1 aromatic carbocycles. The van der Waals surface area contributed by atoms with Crippen LogP contribution in [0.25, 0.3) is 0 Å². The predicted octanol–water partition coefficient (Wildman–Crippen LogP) is 1.28. The lowest BCUT2D eigenvalue weighted by Gasteiger charge is -2.36. The van der Waals surface area contributed by atoms with E-state index in [9.17, 15) is 4.79 Å². The number of carbonyl (C=O) groups is 1. The van der Waals surface area contributed by atoms with E-state index in [2.05, 4.69) is 30.9 Å². The van der Waals surface area contributed by atoms with Crippen molar-refractivity contribution in [1.82, 2.24) is 9.80 Å². The Morgan fingerprint density at radius 1 is 1.29 bits per heavy atom. The molecule has 0 saturated carbocycles. The van der Waals surface area contributed by atoms with Crippen molar-refractivity contribution in [2.45, 2.75) is 20.3 Å². The fourth-order valence-electron chi connectivity index (χ4n) is 2.80. The Kier molecular flexibility index (Phi) is 5.76. The molecule has 1 amide bonds. The molecule has 0 radical (unpaired) electrons. The number of nitrogens with zero attached hydrogens (tertiary/aromatic N) is 2. The zero-order valence-corrected chi connectivity index (χ0v) is 13.2. The summed E-state index contributed by atoms with van der Waals surface area (Å²) in [5.74, 6) is 0.770. The summed E-state index contributed by atoms with van der Waals surface area (Å²) in [5, 5.41) is 0. The molecule has 4 nitrogen and oxygen atoms in total. The van der Waals surface area contributed by atoms with Crippen LogP contribution in [0.15, 0.2) is 24.3 Å². The first-order valence-corrected chi connectivity index (χ1v) is 7.84. The highest BCUT2D eigenvalue weighted by Crippen LogP contribution is 2.10. The van der Waals surface area contributed by atoms with Crippen LogP contribution in [0.2, 0.25) is 0 Å². The summed E-state index contributed by atoms with van der Waals surface area (Å²) in [6.07, 6.45) is 0.515. The van der Waals surface area contributed by atoms with E-state index in [0.717, 1.165) is 44.8 Å². The molecule has 1 atom stereocenters. The van der Waals surface area contributed by atoms with Crippen molar-refractivity contribution in [2.75, 3.05) is 39.3 Å². The van der Waals surface area contributed by atoms with Gasteiger partial charge < -0.3 is 10.6 Å². The molecule has 1 aliphatic heterocycles. The van der Waals surface area contributed by atoms with Gasteiger partial charge in [0.15, 0.2) is 0 Å². The average molecular weight is 289 g/mol. The predicted molar refractivity (Wildman–Crippen MR) is 86.1 cm³/mol. The Morgan fingerprint density at radius 2 is 2.00 bits per heavy atom. The minimum Gasteiger partial charge on any atom is -0.340 e. The van der Waals surface area contributed by atoms with Crippen molar-refractivity contribution in [3.63, 3.8) is 0 Å². The second-order valence-corrected chi connectivity index (χ2v) is 6.19. The van der Waals surface area contributed by atoms with Crippen LogP contribution in [-0.2, 0) is 11.2 Å². The number of hydrogen-bond donors (Lipinski definition) is 1. The van der Waals surface area contributed by atoms with Crippen LogP contribution in [0, 0.1) is 12.8 Å². The van der Waals surface area contributed by atoms with Crippen LogP contribution in [0.1, 0.15) is 18.1 Å². The number of nitrogens with two attached hydrogens (primary N) is 1. The molecule has 116 valence electrons. The van der Waals surface area contributed by atoms with Crippen LogP contribution in [0.3, 0.4) is 0 Å². The number of piperazine rings is 1. The summed E-state index contributed by atoms with van der Waals surface area (Å²) in [4.78, 5) is 16.8. The van der Waals surface area contributed by atoms with Gasteiger partial charge in [-0.3, -0.25) is 9.69 Å². The van der Waals surface area contributed by atoms with E-state index in [0.29, 0.717) is 12.3 Å². The maximum atomic E-state index is 12.4. The summed E-state index contributed by atoms with van der Waals surface area (Å²) in [5.41, 5.74) is 7.99. The summed E-state index contributed by atoms with van der Waals surface area (Å²) < 4.78 is 0. The van der Waals surface area contributed by atoms with Crippen LogP contribution in [0.5, 0.6) is 0 Å². The molecule has 1 saturated heterocycles. The number of amides is 1. The lowest BCUT2D eigenvalue weighted by Crippen LogP contribution is -2.50. The summed E-state index contributed by atoms with van der Waals surface area (Å²) in [6.45, 7) is 9.60. The molecule has 0 aliphatic carbocycles. The highest BCUT2D eigenvalue weighted by Gasteiger charge is 2.21. The first-order valence-electron chi connectivity index (χ1n) is 7.84. The molecular weight excluding hydrogens is 262 g/mol. The topological polar surface area (TPSA) is 49.6 Å². The van der Waals surface area contributed by atoms with E-state index >= 15 is 0 Å². The van der Waals surface area contributed by atoms with Crippen molar-refractivity contribution >= 4 is 5.91 Å². The summed E-state index contributed by atoms with van der Waals surface area (Å²) >= 11 is 0. The van der Waals surface area contributed by atoms with Crippen LogP contribution >= 0.6 is 0 Å². The van der Waals surface area contributed by atoms with Gasteiger partial charge in [-0.05, 0) is 24.9 Å². The quantitative estimate of drug-likeness (QED) is 0.888. The third-order valence-electron chi connectivity index (χ3n) is 4.14. The number of hydrogen-bond acceptors (Lipinski definition) is 3. The zero-order chi connectivity index (χ0) is 15.2. The molecular formula is C17H27N3O. The van der Waals surface area contributed by atoms with Crippen molar-refractivity contribution in [3.05, 3.63) is 35.4 Å². The first-order chi connectivity index (χ1) is 10.1. The van der Waals surface area contributed by atoms with E-state index in [4.69, 9.17) is 5.73 Å². The molecule has 1 unspecified atom stereocenters. The molecule has 4 heteroatoms. The summed E-state index contributed by atoms with van der Waals surface area (Å²) in [6, 6.07) is 8.20. The normalized spacial score (nSPS) is 17.8. The van der Waals surface area contributed by atoms with Crippen LogP contribution in [0.4, 0.5) is 0 Å². The number of aryl methyl sites for hydroxylation is 1. The summed E-state index contributed by atoms with van der Waals surface area (Å²) in [7, 11) is 0. The smallest absolute Gasteiger partial charge is 0.227 e. The molecule has 2 rings (SSSR count). The van der Waals surface area contributed by atoms with Gasteiger partial charge in [0.2, 0.25) is 5.91 Å². The standard InChI is InChI=1S/C17H27N3O/c1-14-4-3-5-16(10-14)11-17(21)20-8-6-19(7-9-20)13-15(2)12-18/h3-5,10,15H,6-9,11-13,18H2,1-2H3. The molecule has 1 fully saturated rings. The Balaban J connectivity index is 1.80. The van der Waals surface area contributed by atoms with Gasteiger partial charge in [-0.25, -0.2) is 0 Å². The van der Waals surface area contributed by atoms with E-state index in [-0.39, 0.29) is 5.91 Å².